The van der Waals surface area contributed by atoms with Crippen molar-refractivity contribution in [2.75, 3.05) is 25.2 Å². The van der Waals surface area contributed by atoms with E-state index in [1.54, 1.807) is 0 Å². The van der Waals surface area contributed by atoms with Crippen LogP contribution in [0.5, 0.6) is 5.75 Å². The van der Waals surface area contributed by atoms with Crippen LogP contribution in [0.15, 0.2) is 24.3 Å². The summed E-state index contributed by atoms with van der Waals surface area (Å²) in [6, 6.07) is 8.26. The maximum absolute atomic E-state index is 5.60. The van der Waals surface area contributed by atoms with E-state index in [1.165, 1.54) is 30.6 Å². The van der Waals surface area contributed by atoms with Crippen LogP contribution in [-0.2, 0) is 6.54 Å². The smallest absolute Gasteiger partial charge is 0.123 e. The summed E-state index contributed by atoms with van der Waals surface area (Å²) in [5, 5.41) is 3.49. The Kier molecular flexibility index (Phi) is 8.78. The van der Waals surface area contributed by atoms with Crippen molar-refractivity contribution >= 4 is 11.8 Å². The van der Waals surface area contributed by atoms with Gasteiger partial charge in [-0.2, -0.15) is 11.8 Å². The molecule has 0 saturated carbocycles. The predicted octanol–water partition coefficient (Wildman–Crippen LogP) is 3.71. The lowest BCUT2D eigenvalue weighted by Gasteiger charge is -2.10. The van der Waals surface area contributed by atoms with E-state index in [-0.39, 0.29) is 0 Å². The van der Waals surface area contributed by atoms with Crippen LogP contribution in [0.1, 0.15) is 31.7 Å². The maximum Gasteiger partial charge on any atom is 0.123 e. The fourth-order valence-corrected chi connectivity index (χ4v) is 2.34. The van der Waals surface area contributed by atoms with Crippen LogP contribution in [-0.4, -0.2) is 25.2 Å². The molecule has 1 rings (SSSR count). The largest absolute Gasteiger partial charge is 0.494 e. The van der Waals surface area contributed by atoms with Crippen molar-refractivity contribution < 1.29 is 4.74 Å². The summed E-state index contributed by atoms with van der Waals surface area (Å²) in [7, 11) is 0. The molecule has 0 saturated heterocycles. The topological polar surface area (TPSA) is 21.3 Å². The number of nitrogens with one attached hydrogen (secondary N) is 1. The molecule has 1 aromatic rings. The minimum atomic E-state index is 0.728. The highest BCUT2D eigenvalue weighted by molar-refractivity contribution is 7.98. The van der Waals surface area contributed by atoms with Crippen LogP contribution in [0.2, 0.25) is 0 Å². The Morgan fingerprint density at radius 3 is 2.78 bits per heavy atom. The van der Waals surface area contributed by atoms with Crippen molar-refractivity contribution in [3.8, 4) is 5.75 Å². The zero-order valence-corrected chi connectivity index (χ0v) is 12.4. The minimum Gasteiger partial charge on any atom is -0.494 e. The Morgan fingerprint density at radius 1 is 1.17 bits per heavy atom. The van der Waals surface area contributed by atoms with Crippen LogP contribution in [0.3, 0.4) is 0 Å². The molecule has 0 atom stereocenters. The molecule has 1 aromatic carbocycles. The van der Waals surface area contributed by atoms with Gasteiger partial charge >= 0.3 is 0 Å². The van der Waals surface area contributed by atoms with Crippen LogP contribution >= 0.6 is 11.8 Å². The molecular formula is C15H25NOS. The first-order chi connectivity index (χ1) is 8.88. The van der Waals surface area contributed by atoms with Crippen molar-refractivity contribution in [2.24, 2.45) is 0 Å². The van der Waals surface area contributed by atoms with E-state index in [9.17, 15) is 0 Å². The Hall–Kier alpha value is -0.670. The molecule has 18 heavy (non-hydrogen) atoms. The molecule has 0 aliphatic heterocycles. The van der Waals surface area contributed by atoms with Gasteiger partial charge in [-0.1, -0.05) is 24.6 Å². The average Bonchev–Trinajstić information content (AvgIpc) is 2.40. The first-order valence-corrected chi connectivity index (χ1v) is 8.18. The van der Waals surface area contributed by atoms with E-state index < -0.39 is 0 Å². The van der Waals surface area contributed by atoms with Crippen LogP contribution in [0.4, 0.5) is 0 Å². The van der Waals surface area contributed by atoms with Gasteiger partial charge in [0.05, 0.1) is 6.61 Å². The fourth-order valence-electron chi connectivity index (χ4n) is 1.84. The maximum atomic E-state index is 5.60. The quantitative estimate of drug-likeness (QED) is 0.653. The SMILES string of the molecule is CCOc1ccccc1CNCCCCCSC. The van der Waals surface area contributed by atoms with Gasteiger partial charge in [-0.05, 0) is 44.4 Å². The zero-order chi connectivity index (χ0) is 13.1. The van der Waals surface area contributed by atoms with Crippen LogP contribution < -0.4 is 10.1 Å². The third kappa shape index (κ3) is 6.31. The molecule has 0 bridgehead atoms. The molecule has 3 heteroatoms. The van der Waals surface area contributed by atoms with E-state index in [0.29, 0.717) is 0 Å². The lowest BCUT2D eigenvalue weighted by Crippen LogP contribution is -2.15. The standard InChI is InChI=1S/C15H25NOS/c1-3-17-15-10-6-5-9-14(15)13-16-11-7-4-8-12-18-2/h5-6,9-10,16H,3-4,7-8,11-13H2,1-2H3. The monoisotopic (exact) mass is 267 g/mol. The van der Waals surface area contributed by atoms with Gasteiger partial charge in [-0.15, -0.1) is 0 Å². The van der Waals surface area contributed by atoms with Gasteiger partial charge in [0.2, 0.25) is 0 Å². The molecule has 2 nitrogen and oxygen atoms in total. The molecule has 0 heterocycles. The van der Waals surface area contributed by atoms with Gasteiger partial charge in [0, 0.05) is 12.1 Å². The van der Waals surface area contributed by atoms with E-state index in [4.69, 9.17) is 4.74 Å². The van der Waals surface area contributed by atoms with E-state index in [2.05, 4.69) is 23.7 Å². The first kappa shape index (κ1) is 15.4. The Balaban J connectivity index is 2.18. The lowest BCUT2D eigenvalue weighted by molar-refractivity contribution is 0.335. The van der Waals surface area contributed by atoms with E-state index in [0.717, 1.165) is 25.4 Å². The molecule has 1 N–H and O–H groups in total. The second-order valence-electron chi connectivity index (χ2n) is 4.27. The second-order valence-corrected chi connectivity index (χ2v) is 5.26. The number of rotatable bonds is 10. The zero-order valence-electron chi connectivity index (χ0n) is 11.6. The summed E-state index contributed by atoms with van der Waals surface area (Å²) in [6.45, 7) is 4.75. The summed E-state index contributed by atoms with van der Waals surface area (Å²) in [6.07, 6.45) is 6.08. The Bertz CT molecular complexity index is 317. The number of unbranched alkanes of at least 4 members (excludes halogenated alkanes) is 2. The normalized spacial score (nSPS) is 10.6. The molecule has 0 aliphatic carbocycles. The van der Waals surface area contributed by atoms with Gasteiger partial charge in [0.1, 0.15) is 5.75 Å². The van der Waals surface area contributed by atoms with Gasteiger partial charge < -0.3 is 10.1 Å². The van der Waals surface area contributed by atoms with Gasteiger partial charge in [-0.25, -0.2) is 0 Å². The van der Waals surface area contributed by atoms with Crippen molar-refractivity contribution in [2.45, 2.75) is 32.7 Å². The Labute approximate surface area is 116 Å². The average molecular weight is 267 g/mol. The summed E-state index contributed by atoms with van der Waals surface area (Å²) in [4.78, 5) is 0. The fraction of sp³-hybridized carbons (Fsp3) is 0.600. The molecule has 0 amide bonds. The highest BCUT2D eigenvalue weighted by atomic mass is 32.2. The second kappa shape index (κ2) is 10.3. The molecule has 102 valence electrons. The van der Waals surface area contributed by atoms with E-state index in [1.807, 2.05) is 30.8 Å². The minimum absolute atomic E-state index is 0.728. The van der Waals surface area contributed by atoms with Crippen molar-refractivity contribution in [3.63, 3.8) is 0 Å². The number of thioether (sulfide) groups is 1. The summed E-state index contributed by atoms with van der Waals surface area (Å²) < 4.78 is 5.60. The number of ether oxygens (including phenoxy) is 1. The van der Waals surface area contributed by atoms with Gasteiger partial charge in [0.15, 0.2) is 0 Å². The molecule has 0 fully saturated rings. The molecule has 0 radical (unpaired) electrons. The van der Waals surface area contributed by atoms with Crippen molar-refractivity contribution in [1.82, 2.24) is 5.32 Å². The molecular weight excluding hydrogens is 242 g/mol. The Morgan fingerprint density at radius 2 is 2.00 bits per heavy atom. The lowest BCUT2D eigenvalue weighted by atomic mass is 10.2. The van der Waals surface area contributed by atoms with Crippen LogP contribution in [0.25, 0.3) is 0 Å². The van der Waals surface area contributed by atoms with Crippen LogP contribution in [0, 0.1) is 0 Å². The van der Waals surface area contributed by atoms with E-state index >= 15 is 0 Å². The number of hydrogen-bond donors (Lipinski definition) is 1. The third-order valence-electron chi connectivity index (χ3n) is 2.79. The predicted molar refractivity (Wildman–Crippen MR) is 81.6 cm³/mol. The highest BCUT2D eigenvalue weighted by Crippen LogP contribution is 2.17. The number of para-hydroxylation sites is 1. The summed E-state index contributed by atoms with van der Waals surface area (Å²) in [5.41, 5.74) is 1.25. The van der Waals surface area contributed by atoms with Gasteiger partial charge in [0.25, 0.3) is 0 Å². The number of benzene rings is 1. The molecule has 0 aliphatic rings. The van der Waals surface area contributed by atoms with Crippen molar-refractivity contribution in [3.05, 3.63) is 29.8 Å². The summed E-state index contributed by atoms with van der Waals surface area (Å²) in [5.74, 6) is 2.29. The molecule has 0 aromatic heterocycles. The number of hydrogen-bond acceptors (Lipinski definition) is 3. The van der Waals surface area contributed by atoms with Crippen molar-refractivity contribution in [1.29, 1.82) is 0 Å². The third-order valence-corrected chi connectivity index (χ3v) is 3.49. The highest BCUT2D eigenvalue weighted by Gasteiger charge is 2.01. The molecule has 0 spiro atoms. The van der Waals surface area contributed by atoms with Gasteiger partial charge in [-0.3, -0.25) is 0 Å². The summed E-state index contributed by atoms with van der Waals surface area (Å²) >= 11 is 1.93. The molecule has 0 unspecified atom stereocenters. The first-order valence-electron chi connectivity index (χ1n) is 6.78.